The van der Waals surface area contributed by atoms with Gasteiger partial charge in [-0.15, -0.1) is 0 Å². The van der Waals surface area contributed by atoms with Gasteiger partial charge in [-0.3, -0.25) is 0 Å². The molecule has 1 aromatic heterocycles. The fourth-order valence-corrected chi connectivity index (χ4v) is 2.95. The average molecular weight is 251 g/mol. The smallest absolute Gasteiger partial charge is 0.230 e. The number of hydrogen-bond acceptors (Lipinski definition) is 5. The van der Waals surface area contributed by atoms with Crippen molar-refractivity contribution < 1.29 is 9.26 Å². The SMILES string of the molecule is NC1(c2noc(C3CCOCC3)n2)CCCCC1. The maximum Gasteiger partial charge on any atom is 0.230 e. The number of ether oxygens (including phenoxy) is 1. The van der Waals surface area contributed by atoms with Crippen LogP contribution in [-0.2, 0) is 10.3 Å². The van der Waals surface area contributed by atoms with Crippen molar-refractivity contribution in [3.8, 4) is 0 Å². The highest BCUT2D eigenvalue weighted by molar-refractivity contribution is 5.07. The normalized spacial score (nSPS) is 25.2. The van der Waals surface area contributed by atoms with Gasteiger partial charge in [0, 0.05) is 19.1 Å². The lowest BCUT2D eigenvalue weighted by atomic mass is 9.82. The Bertz CT molecular complexity index is 393. The number of nitrogens with zero attached hydrogens (tertiary/aromatic N) is 2. The van der Waals surface area contributed by atoms with Crippen LogP contribution < -0.4 is 5.73 Å². The summed E-state index contributed by atoms with van der Waals surface area (Å²) in [6, 6.07) is 0. The average Bonchev–Trinajstić information content (AvgIpc) is 2.91. The summed E-state index contributed by atoms with van der Waals surface area (Å²) < 4.78 is 10.8. The van der Waals surface area contributed by atoms with E-state index in [0.717, 1.165) is 57.6 Å². The van der Waals surface area contributed by atoms with E-state index in [2.05, 4.69) is 10.1 Å². The fourth-order valence-electron chi connectivity index (χ4n) is 2.95. The molecule has 2 aliphatic rings. The fraction of sp³-hybridized carbons (Fsp3) is 0.846. The van der Waals surface area contributed by atoms with Crippen molar-refractivity contribution in [1.29, 1.82) is 0 Å². The van der Waals surface area contributed by atoms with E-state index >= 15 is 0 Å². The zero-order chi connectivity index (χ0) is 12.4. The first-order valence-corrected chi connectivity index (χ1v) is 6.99. The first-order chi connectivity index (χ1) is 8.78. The molecule has 2 fully saturated rings. The summed E-state index contributed by atoms with van der Waals surface area (Å²) in [4.78, 5) is 4.57. The maximum atomic E-state index is 6.41. The largest absolute Gasteiger partial charge is 0.381 e. The highest BCUT2D eigenvalue weighted by Crippen LogP contribution is 2.34. The first kappa shape index (κ1) is 12.1. The second-order valence-electron chi connectivity index (χ2n) is 5.56. The van der Waals surface area contributed by atoms with E-state index in [1.54, 1.807) is 0 Å². The van der Waals surface area contributed by atoms with Gasteiger partial charge in [0.1, 0.15) is 0 Å². The van der Waals surface area contributed by atoms with Gasteiger partial charge in [0.25, 0.3) is 0 Å². The van der Waals surface area contributed by atoms with Crippen LogP contribution in [0.2, 0.25) is 0 Å². The zero-order valence-corrected chi connectivity index (χ0v) is 10.7. The molecule has 1 aromatic rings. The summed E-state index contributed by atoms with van der Waals surface area (Å²) in [7, 11) is 0. The van der Waals surface area contributed by atoms with Gasteiger partial charge in [0.15, 0.2) is 5.82 Å². The molecule has 1 saturated carbocycles. The van der Waals surface area contributed by atoms with Crippen molar-refractivity contribution in [2.75, 3.05) is 13.2 Å². The van der Waals surface area contributed by atoms with Crippen LogP contribution in [0, 0.1) is 0 Å². The number of nitrogens with two attached hydrogens (primary N) is 1. The minimum atomic E-state index is -0.356. The molecule has 2 N–H and O–H groups in total. The Morgan fingerprint density at radius 3 is 2.56 bits per heavy atom. The van der Waals surface area contributed by atoms with E-state index < -0.39 is 0 Å². The summed E-state index contributed by atoms with van der Waals surface area (Å²) in [5.41, 5.74) is 6.06. The highest BCUT2D eigenvalue weighted by atomic mass is 16.5. The van der Waals surface area contributed by atoms with E-state index in [-0.39, 0.29) is 5.54 Å². The molecular formula is C13H21N3O2. The molecule has 3 rings (SSSR count). The third-order valence-corrected chi connectivity index (χ3v) is 4.20. The molecule has 0 amide bonds. The van der Waals surface area contributed by atoms with Gasteiger partial charge in [-0.05, 0) is 25.7 Å². The molecule has 2 heterocycles. The molecule has 5 nitrogen and oxygen atoms in total. The molecule has 18 heavy (non-hydrogen) atoms. The van der Waals surface area contributed by atoms with Crippen molar-refractivity contribution >= 4 is 0 Å². The second-order valence-corrected chi connectivity index (χ2v) is 5.56. The summed E-state index contributed by atoms with van der Waals surface area (Å²) in [5, 5.41) is 4.13. The van der Waals surface area contributed by atoms with Crippen LogP contribution in [0.1, 0.15) is 62.6 Å². The van der Waals surface area contributed by atoms with Gasteiger partial charge in [-0.25, -0.2) is 0 Å². The van der Waals surface area contributed by atoms with Crippen LogP contribution in [0.3, 0.4) is 0 Å². The van der Waals surface area contributed by atoms with E-state index in [1.807, 2.05) is 0 Å². The lowest BCUT2D eigenvalue weighted by Gasteiger charge is -2.29. The number of hydrogen-bond donors (Lipinski definition) is 1. The molecule has 1 aliphatic heterocycles. The van der Waals surface area contributed by atoms with Crippen molar-refractivity contribution in [3.05, 3.63) is 11.7 Å². The minimum absolute atomic E-state index is 0.354. The Kier molecular flexibility index (Phi) is 3.35. The molecule has 1 aliphatic carbocycles. The molecule has 0 aromatic carbocycles. The Labute approximate surface area is 107 Å². The quantitative estimate of drug-likeness (QED) is 0.871. The van der Waals surface area contributed by atoms with Crippen LogP contribution in [0.4, 0.5) is 0 Å². The molecule has 5 heteroatoms. The zero-order valence-electron chi connectivity index (χ0n) is 10.7. The third kappa shape index (κ3) is 2.29. The standard InChI is InChI=1S/C13H21N3O2/c14-13(6-2-1-3-7-13)12-15-11(18-16-12)10-4-8-17-9-5-10/h10H,1-9,14H2. The Hall–Kier alpha value is -0.940. The molecule has 0 unspecified atom stereocenters. The van der Waals surface area contributed by atoms with Crippen molar-refractivity contribution in [3.63, 3.8) is 0 Å². The predicted octanol–water partition coefficient (Wildman–Crippen LogP) is 2.08. The molecule has 0 bridgehead atoms. The van der Waals surface area contributed by atoms with Crippen LogP contribution in [0.15, 0.2) is 4.52 Å². The summed E-state index contributed by atoms with van der Waals surface area (Å²) >= 11 is 0. The second kappa shape index (κ2) is 4.97. The van der Waals surface area contributed by atoms with E-state index in [0.29, 0.717) is 11.7 Å². The van der Waals surface area contributed by atoms with Gasteiger partial charge in [0.05, 0.1) is 5.54 Å². The van der Waals surface area contributed by atoms with Crippen LogP contribution in [0.5, 0.6) is 0 Å². The molecular weight excluding hydrogens is 230 g/mol. The molecule has 100 valence electrons. The van der Waals surface area contributed by atoms with Gasteiger partial charge in [-0.2, -0.15) is 4.98 Å². The van der Waals surface area contributed by atoms with Crippen molar-refractivity contribution in [2.24, 2.45) is 5.73 Å². The number of aromatic nitrogens is 2. The van der Waals surface area contributed by atoms with E-state index in [4.69, 9.17) is 15.0 Å². The topological polar surface area (TPSA) is 74.2 Å². The Morgan fingerprint density at radius 2 is 1.83 bits per heavy atom. The first-order valence-electron chi connectivity index (χ1n) is 6.99. The van der Waals surface area contributed by atoms with Gasteiger partial charge in [0.2, 0.25) is 5.89 Å². The summed E-state index contributed by atoms with van der Waals surface area (Å²) in [6.45, 7) is 1.58. The molecule has 0 spiro atoms. The molecule has 0 atom stereocenters. The van der Waals surface area contributed by atoms with Gasteiger partial charge in [-0.1, -0.05) is 24.4 Å². The van der Waals surface area contributed by atoms with Crippen molar-refractivity contribution in [1.82, 2.24) is 10.1 Å². The van der Waals surface area contributed by atoms with Crippen LogP contribution in [0.25, 0.3) is 0 Å². The van der Waals surface area contributed by atoms with Gasteiger partial charge < -0.3 is 15.0 Å². The minimum Gasteiger partial charge on any atom is -0.381 e. The van der Waals surface area contributed by atoms with Crippen LogP contribution in [-0.4, -0.2) is 23.4 Å². The lowest BCUT2D eigenvalue weighted by molar-refractivity contribution is 0.0778. The summed E-state index contributed by atoms with van der Waals surface area (Å²) in [5.74, 6) is 1.82. The Balaban J connectivity index is 1.75. The summed E-state index contributed by atoms with van der Waals surface area (Å²) in [6.07, 6.45) is 7.48. The van der Waals surface area contributed by atoms with E-state index in [1.165, 1.54) is 6.42 Å². The van der Waals surface area contributed by atoms with Gasteiger partial charge >= 0.3 is 0 Å². The third-order valence-electron chi connectivity index (χ3n) is 4.20. The lowest BCUT2D eigenvalue weighted by Crippen LogP contribution is -2.39. The maximum absolute atomic E-state index is 6.41. The van der Waals surface area contributed by atoms with Crippen molar-refractivity contribution in [2.45, 2.75) is 56.4 Å². The van der Waals surface area contributed by atoms with Crippen LogP contribution >= 0.6 is 0 Å². The molecule has 0 radical (unpaired) electrons. The highest BCUT2D eigenvalue weighted by Gasteiger charge is 2.35. The number of rotatable bonds is 2. The Morgan fingerprint density at radius 1 is 1.11 bits per heavy atom. The monoisotopic (exact) mass is 251 g/mol. The predicted molar refractivity (Wildman–Crippen MR) is 66.0 cm³/mol. The van der Waals surface area contributed by atoms with E-state index in [9.17, 15) is 0 Å². The molecule has 1 saturated heterocycles.